The Morgan fingerprint density at radius 1 is 1.33 bits per heavy atom. The van der Waals surface area contributed by atoms with Crippen molar-refractivity contribution < 1.29 is 13.5 Å². The third kappa shape index (κ3) is 2.48. The van der Waals surface area contributed by atoms with Crippen molar-refractivity contribution in [2.75, 3.05) is 0 Å². The SMILES string of the molecule is CCn1cc(Oc2c(F)cc(CN)cc2F)cn1. The fourth-order valence-corrected chi connectivity index (χ4v) is 1.52. The minimum absolute atomic E-state index is 0.0713. The van der Waals surface area contributed by atoms with Gasteiger partial charge in [0.05, 0.1) is 12.4 Å². The van der Waals surface area contributed by atoms with Crippen molar-refractivity contribution in [1.82, 2.24) is 9.78 Å². The number of aryl methyl sites for hydroxylation is 1. The van der Waals surface area contributed by atoms with Crippen LogP contribution in [0.15, 0.2) is 24.5 Å². The van der Waals surface area contributed by atoms with Crippen molar-refractivity contribution in [3.05, 3.63) is 41.7 Å². The van der Waals surface area contributed by atoms with Crippen LogP contribution >= 0.6 is 0 Å². The zero-order valence-electron chi connectivity index (χ0n) is 9.86. The van der Waals surface area contributed by atoms with E-state index in [9.17, 15) is 8.78 Å². The molecule has 0 fully saturated rings. The molecule has 0 aliphatic heterocycles. The smallest absolute Gasteiger partial charge is 0.198 e. The van der Waals surface area contributed by atoms with Crippen LogP contribution in [0.2, 0.25) is 0 Å². The van der Waals surface area contributed by atoms with Crippen LogP contribution in [0.25, 0.3) is 0 Å². The Hall–Kier alpha value is -1.95. The number of hydrogen-bond acceptors (Lipinski definition) is 3. The number of benzene rings is 1. The summed E-state index contributed by atoms with van der Waals surface area (Å²) < 4.78 is 34.0. The molecule has 2 rings (SSSR count). The van der Waals surface area contributed by atoms with Crippen LogP contribution in [-0.2, 0) is 13.1 Å². The van der Waals surface area contributed by atoms with Crippen molar-refractivity contribution in [2.24, 2.45) is 5.73 Å². The molecule has 1 heterocycles. The summed E-state index contributed by atoms with van der Waals surface area (Å²) >= 11 is 0. The van der Waals surface area contributed by atoms with E-state index >= 15 is 0 Å². The van der Waals surface area contributed by atoms with Crippen LogP contribution in [0.5, 0.6) is 11.5 Å². The molecule has 0 unspecified atom stereocenters. The van der Waals surface area contributed by atoms with Gasteiger partial charge in [-0.05, 0) is 24.6 Å². The highest BCUT2D eigenvalue weighted by atomic mass is 19.1. The minimum Gasteiger partial charge on any atom is -0.448 e. The lowest BCUT2D eigenvalue weighted by Gasteiger charge is -2.07. The Kier molecular flexibility index (Phi) is 3.57. The highest BCUT2D eigenvalue weighted by molar-refractivity contribution is 5.34. The molecule has 6 heteroatoms. The second-order valence-corrected chi connectivity index (χ2v) is 3.73. The first-order valence-corrected chi connectivity index (χ1v) is 5.52. The number of aromatic nitrogens is 2. The van der Waals surface area contributed by atoms with Gasteiger partial charge < -0.3 is 10.5 Å². The van der Waals surface area contributed by atoms with Crippen LogP contribution in [0.3, 0.4) is 0 Å². The maximum absolute atomic E-state index is 13.6. The largest absolute Gasteiger partial charge is 0.448 e. The molecular formula is C12H13F2N3O. The molecule has 0 radical (unpaired) electrons. The maximum Gasteiger partial charge on any atom is 0.198 e. The third-order valence-corrected chi connectivity index (χ3v) is 2.45. The molecule has 0 bridgehead atoms. The van der Waals surface area contributed by atoms with E-state index in [4.69, 9.17) is 10.5 Å². The molecule has 0 aliphatic carbocycles. The van der Waals surface area contributed by atoms with Gasteiger partial charge in [-0.2, -0.15) is 5.10 Å². The summed E-state index contributed by atoms with van der Waals surface area (Å²) in [6.45, 7) is 2.62. The minimum atomic E-state index is -0.778. The average Bonchev–Trinajstić information content (AvgIpc) is 2.81. The summed E-state index contributed by atoms with van der Waals surface area (Å²) in [6, 6.07) is 2.31. The number of nitrogens with zero attached hydrogens (tertiary/aromatic N) is 2. The molecule has 96 valence electrons. The normalized spacial score (nSPS) is 10.7. The monoisotopic (exact) mass is 253 g/mol. The van der Waals surface area contributed by atoms with Crippen molar-refractivity contribution in [1.29, 1.82) is 0 Å². The lowest BCUT2D eigenvalue weighted by atomic mass is 10.2. The number of halogens is 2. The van der Waals surface area contributed by atoms with Gasteiger partial charge in [-0.25, -0.2) is 8.78 Å². The van der Waals surface area contributed by atoms with Crippen LogP contribution in [0.1, 0.15) is 12.5 Å². The summed E-state index contributed by atoms with van der Waals surface area (Å²) in [7, 11) is 0. The summed E-state index contributed by atoms with van der Waals surface area (Å²) in [4.78, 5) is 0. The van der Waals surface area contributed by atoms with E-state index < -0.39 is 17.4 Å². The van der Waals surface area contributed by atoms with Gasteiger partial charge in [0.1, 0.15) is 0 Å². The number of nitrogens with two attached hydrogens (primary N) is 1. The molecule has 1 aromatic carbocycles. The predicted molar refractivity (Wildman–Crippen MR) is 62.2 cm³/mol. The highest BCUT2D eigenvalue weighted by Crippen LogP contribution is 2.28. The molecule has 2 N–H and O–H groups in total. The summed E-state index contributed by atoms with van der Waals surface area (Å²) in [5, 5.41) is 3.95. The molecule has 1 aromatic heterocycles. The Morgan fingerprint density at radius 2 is 2.00 bits per heavy atom. The van der Waals surface area contributed by atoms with E-state index in [0.29, 0.717) is 12.1 Å². The standard InChI is InChI=1S/C12H13F2N3O/c1-2-17-7-9(6-16-17)18-12-10(13)3-8(5-15)4-11(12)14/h3-4,6-7H,2,5,15H2,1H3. The van der Waals surface area contributed by atoms with E-state index in [1.54, 1.807) is 10.9 Å². The lowest BCUT2D eigenvalue weighted by Crippen LogP contribution is -2.00. The van der Waals surface area contributed by atoms with Crippen LogP contribution < -0.4 is 10.5 Å². The Balaban J connectivity index is 2.28. The fraction of sp³-hybridized carbons (Fsp3) is 0.250. The lowest BCUT2D eigenvalue weighted by molar-refractivity contribution is 0.406. The Bertz CT molecular complexity index is 531. The first kappa shape index (κ1) is 12.5. The van der Waals surface area contributed by atoms with Gasteiger partial charge in [-0.3, -0.25) is 4.68 Å². The number of hydrogen-bond donors (Lipinski definition) is 1. The first-order chi connectivity index (χ1) is 8.63. The van der Waals surface area contributed by atoms with E-state index in [1.807, 2.05) is 6.92 Å². The molecular weight excluding hydrogens is 240 g/mol. The molecule has 0 amide bonds. The van der Waals surface area contributed by atoms with Crippen LogP contribution in [-0.4, -0.2) is 9.78 Å². The molecule has 0 spiro atoms. The molecule has 18 heavy (non-hydrogen) atoms. The molecule has 4 nitrogen and oxygen atoms in total. The van der Waals surface area contributed by atoms with Crippen molar-refractivity contribution in [3.8, 4) is 11.5 Å². The first-order valence-electron chi connectivity index (χ1n) is 5.52. The van der Waals surface area contributed by atoms with Crippen LogP contribution in [0.4, 0.5) is 8.78 Å². The molecule has 0 aliphatic rings. The van der Waals surface area contributed by atoms with Crippen molar-refractivity contribution in [3.63, 3.8) is 0 Å². The Labute approximate surface area is 103 Å². The van der Waals surface area contributed by atoms with Gasteiger partial charge in [0.25, 0.3) is 0 Å². The summed E-state index contributed by atoms with van der Waals surface area (Å²) in [6.07, 6.45) is 2.97. The summed E-state index contributed by atoms with van der Waals surface area (Å²) in [5.41, 5.74) is 5.70. The van der Waals surface area contributed by atoms with E-state index in [-0.39, 0.29) is 12.3 Å². The topological polar surface area (TPSA) is 53.1 Å². The predicted octanol–water partition coefficient (Wildman–Crippen LogP) is 2.43. The second-order valence-electron chi connectivity index (χ2n) is 3.73. The molecule has 0 saturated carbocycles. The number of rotatable bonds is 4. The van der Waals surface area contributed by atoms with Gasteiger partial charge in [0, 0.05) is 13.1 Å². The average molecular weight is 253 g/mol. The number of ether oxygens (including phenoxy) is 1. The second kappa shape index (κ2) is 5.14. The van der Waals surface area contributed by atoms with E-state index in [0.717, 1.165) is 12.1 Å². The van der Waals surface area contributed by atoms with E-state index in [2.05, 4.69) is 5.10 Å². The zero-order valence-corrected chi connectivity index (χ0v) is 9.86. The van der Waals surface area contributed by atoms with Gasteiger partial charge >= 0.3 is 0 Å². The zero-order chi connectivity index (χ0) is 13.1. The van der Waals surface area contributed by atoms with Gasteiger partial charge in [-0.1, -0.05) is 0 Å². The van der Waals surface area contributed by atoms with Crippen LogP contribution in [0, 0.1) is 11.6 Å². The Morgan fingerprint density at radius 3 is 2.50 bits per heavy atom. The molecule has 2 aromatic rings. The molecule has 0 saturated heterocycles. The van der Waals surface area contributed by atoms with E-state index in [1.165, 1.54) is 6.20 Å². The third-order valence-electron chi connectivity index (χ3n) is 2.45. The molecule has 0 atom stereocenters. The highest BCUT2D eigenvalue weighted by Gasteiger charge is 2.14. The summed E-state index contributed by atoms with van der Waals surface area (Å²) in [5.74, 6) is -1.71. The van der Waals surface area contributed by atoms with Crippen molar-refractivity contribution in [2.45, 2.75) is 20.0 Å². The van der Waals surface area contributed by atoms with Crippen molar-refractivity contribution >= 4 is 0 Å². The van der Waals surface area contributed by atoms with Gasteiger partial charge in [-0.15, -0.1) is 0 Å². The maximum atomic E-state index is 13.6. The quantitative estimate of drug-likeness (QED) is 0.910. The van der Waals surface area contributed by atoms with Gasteiger partial charge in [0.2, 0.25) is 0 Å². The fourth-order valence-electron chi connectivity index (χ4n) is 1.52. The van der Waals surface area contributed by atoms with Gasteiger partial charge in [0.15, 0.2) is 23.1 Å².